The second-order valence-electron chi connectivity index (χ2n) is 5.85. The molecule has 0 saturated heterocycles. The van der Waals surface area contributed by atoms with Crippen molar-refractivity contribution in [3.63, 3.8) is 0 Å². The fourth-order valence-electron chi connectivity index (χ4n) is 2.95. The minimum absolute atomic E-state index is 0.108. The van der Waals surface area contributed by atoms with Crippen molar-refractivity contribution in [3.05, 3.63) is 47.5 Å². The Bertz CT molecular complexity index is 991. The van der Waals surface area contributed by atoms with E-state index in [-0.39, 0.29) is 11.9 Å². The van der Waals surface area contributed by atoms with Crippen molar-refractivity contribution in [2.24, 2.45) is 0 Å². The molecular weight excluding hydrogens is 324 g/mol. The molecule has 1 amide bonds. The summed E-state index contributed by atoms with van der Waals surface area (Å²) in [6.45, 7) is 3.54. The highest BCUT2D eigenvalue weighted by Gasteiger charge is 2.30. The minimum Gasteiger partial charge on any atom is -0.447 e. The van der Waals surface area contributed by atoms with Crippen molar-refractivity contribution < 1.29 is 14.3 Å². The van der Waals surface area contributed by atoms with Crippen LogP contribution in [0.15, 0.2) is 36.4 Å². The molecule has 120 valence electrons. The molecule has 1 N–H and O–H groups in total. The third-order valence-electron chi connectivity index (χ3n) is 3.87. The molecule has 3 aromatic rings. The zero-order valence-corrected chi connectivity index (χ0v) is 13.9. The lowest BCUT2D eigenvalue weighted by Gasteiger charge is -2.19. The highest BCUT2D eigenvalue weighted by molar-refractivity contribution is 7.13. The molecule has 1 aromatic heterocycles. The fraction of sp³-hybridized carbons (Fsp3) is 0.167. The van der Waals surface area contributed by atoms with Crippen LogP contribution in [0.4, 0.5) is 10.5 Å². The van der Waals surface area contributed by atoms with E-state index < -0.39 is 6.09 Å². The standard InChI is InChI=1S/C18H14N2O3S/c1-9(2)23-18(22)19-12-7-3-5-10-14(12)17(21)11-6-4-8-13-15(11)16(10)20-24-13/h3-9H,1-2H3,(H,19,22). The van der Waals surface area contributed by atoms with Crippen LogP contribution in [0.2, 0.25) is 0 Å². The van der Waals surface area contributed by atoms with Crippen LogP contribution < -0.4 is 5.32 Å². The van der Waals surface area contributed by atoms with E-state index in [2.05, 4.69) is 9.69 Å². The first-order valence-electron chi connectivity index (χ1n) is 7.60. The monoisotopic (exact) mass is 338 g/mol. The van der Waals surface area contributed by atoms with Gasteiger partial charge in [0.05, 0.1) is 27.7 Å². The Morgan fingerprint density at radius 2 is 1.92 bits per heavy atom. The molecule has 6 heteroatoms. The number of amides is 1. The van der Waals surface area contributed by atoms with Crippen LogP contribution in [0.3, 0.4) is 0 Å². The van der Waals surface area contributed by atoms with E-state index in [1.807, 2.05) is 18.2 Å². The molecule has 0 fully saturated rings. The number of rotatable bonds is 2. The number of anilines is 1. The summed E-state index contributed by atoms with van der Waals surface area (Å²) in [5.41, 5.74) is 3.06. The van der Waals surface area contributed by atoms with Crippen molar-refractivity contribution in [2.45, 2.75) is 20.0 Å². The van der Waals surface area contributed by atoms with Gasteiger partial charge in [-0.15, -0.1) is 0 Å². The number of fused-ring (bicyclic) bond motifs is 2. The summed E-state index contributed by atoms with van der Waals surface area (Å²) in [5, 5.41) is 3.57. The number of ketones is 1. The van der Waals surface area contributed by atoms with Crippen LogP contribution in [0, 0.1) is 0 Å². The van der Waals surface area contributed by atoms with Gasteiger partial charge in [0.15, 0.2) is 5.78 Å². The maximum atomic E-state index is 13.0. The van der Waals surface area contributed by atoms with Gasteiger partial charge < -0.3 is 4.74 Å². The average molecular weight is 338 g/mol. The number of nitrogens with zero attached hydrogens (tertiary/aromatic N) is 1. The Morgan fingerprint density at radius 1 is 1.17 bits per heavy atom. The first-order chi connectivity index (χ1) is 11.6. The number of hydrogen-bond acceptors (Lipinski definition) is 5. The molecule has 1 heterocycles. The molecule has 1 aliphatic rings. The van der Waals surface area contributed by atoms with Crippen molar-refractivity contribution >= 4 is 39.2 Å². The minimum atomic E-state index is -0.575. The van der Waals surface area contributed by atoms with Gasteiger partial charge in [0.2, 0.25) is 0 Å². The summed E-state index contributed by atoms with van der Waals surface area (Å²) in [4.78, 5) is 24.9. The molecule has 0 radical (unpaired) electrons. The van der Waals surface area contributed by atoms with Crippen molar-refractivity contribution in [1.82, 2.24) is 4.37 Å². The molecule has 1 aliphatic carbocycles. The van der Waals surface area contributed by atoms with Crippen molar-refractivity contribution in [3.8, 4) is 11.3 Å². The summed E-state index contributed by atoms with van der Waals surface area (Å²) in [5.74, 6) is -0.108. The average Bonchev–Trinajstić information content (AvgIpc) is 2.96. The molecule has 0 bridgehead atoms. The second kappa shape index (κ2) is 5.42. The highest BCUT2D eigenvalue weighted by Crippen LogP contribution is 2.42. The lowest BCUT2D eigenvalue weighted by molar-refractivity contribution is 0.104. The maximum Gasteiger partial charge on any atom is 0.411 e. The number of nitrogens with one attached hydrogen (secondary N) is 1. The van der Waals surface area contributed by atoms with Crippen molar-refractivity contribution in [2.75, 3.05) is 5.32 Å². The van der Waals surface area contributed by atoms with E-state index >= 15 is 0 Å². The van der Waals surface area contributed by atoms with E-state index in [1.165, 1.54) is 11.5 Å². The molecule has 5 nitrogen and oxygen atoms in total. The lowest BCUT2D eigenvalue weighted by Crippen LogP contribution is -2.21. The molecule has 0 spiro atoms. The first kappa shape index (κ1) is 14.8. The summed E-state index contributed by atoms with van der Waals surface area (Å²) in [7, 11) is 0. The summed E-state index contributed by atoms with van der Waals surface area (Å²) < 4.78 is 10.6. The van der Waals surface area contributed by atoms with Crippen LogP contribution in [0.25, 0.3) is 21.3 Å². The van der Waals surface area contributed by atoms with Gasteiger partial charge in [-0.05, 0) is 37.5 Å². The van der Waals surface area contributed by atoms with Gasteiger partial charge in [0, 0.05) is 16.5 Å². The third kappa shape index (κ3) is 2.18. The second-order valence-corrected chi connectivity index (χ2v) is 6.65. The molecule has 0 atom stereocenters. The van der Waals surface area contributed by atoms with Gasteiger partial charge in [-0.2, -0.15) is 4.37 Å². The molecule has 0 unspecified atom stereocenters. The Kier molecular flexibility index (Phi) is 3.35. The summed E-state index contributed by atoms with van der Waals surface area (Å²) in [6.07, 6.45) is -0.812. The zero-order valence-electron chi connectivity index (χ0n) is 13.1. The normalized spacial score (nSPS) is 12.4. The molecule has 24 heavy (non-hydrogen) atoms. The van der Waals surface area contributed by atoms with Crippen LogP contribution in [0.1, 0.15) is 29.8 Å². The predicted molar refractivity (Wildman–Crippen MR) is 93.7 cm³/mol. The molecule has 2 aromatic carbocycles. The number of aromatic nitrogens is 1. The van der Waals surface area contributed by atoms with Gasteiger partial charge >= 0.3 is 6.09 Å². The van der Waals surface area contributed by atoms with E-state index in [9.17, 15) is 9.59 Å². The fourth-order valence-corrected chi connectivity index (χ4v) is 3.77. The summed E-state index contributed by atoms with van der Waals surface area (Å²) in [6, 6.07) is 11.0. The highest BCUT2D eigenvalue weighted by atomic mass is 32.1. The van der Waals surface area contributed by atoms with Crippen LogP contribution in [-0.4, -0.2) is 22.4 Å². The van der Waals surface area contributed by atoms with Gasteiger partial charge in [0.1, 0.15) is 0 Å². The number of carbonyl (C=O) groups excluding carboxylic acids is 2. The van der Waals surface area contributed by atoms with Gasteiger partial charge in [-0.3, -0.25) is 10.1 Å². The molecule has 0 saturated carbocycles. The number of ether oxygens (including phenoxy) is 1. The topological polar surface area (TPSA) is 68.3 Å². The quantitative estimate of drug-likeness (QED) is 0.586. The van der Waals surface area contributed by atoms with E-state index in [0.717, 1.165) is 21.3 Å². The van der Waals surface area contributed by atoms with Gasteiger partial charge in [-0.25, -0.2) is 4.79 Å². The Morgan fingerprint density at radius 3 is 2.71 bits per heavy atom. The van der Waals surface area contributed by atoms with Crippen LogP contribution in [0.5, 0.6) is 0 Å². The molecule has 0 aliphatic heterocycles. The number of benzene rings is 2. The lowest BCUT2D eigenvalue weighted by atomic mass is 9.86. The third-order valence-corrected chi connectivity index (χ3v) is 4.68. The van der Waals surface area contributed by atoms with E-state index in [0.29, 0.717) is 16.8 Å². The SMILES string of the molecule is CC(C)OC(=O)Nc1cccc2c1C(=O)c1cccc3snc-2c13. The molecular formula is C18H14N2O3S. The van der Waals surface area contributed by atoms with E-state index in [1.54, 1.807) is 32.0 Å². The maximum absolute atomic E-state index is 13.0. The predicted octanol–water partition coefficient (Wildman–Crippen LogP) is 4.46. The Labute approximate surface area is 142 Å². The van der Waals surface area contributed by atoms with Gasteiger partial charge in [0.25, 0.3) is 0 Å². The Balaban J connectivity index is 1.87. The molecule has 4 rings (SSSR count). The first-order valence-corrected chi connectivity index (χ1v) is 8.37. The van der Waals surface area contributed by atoms with Crippen LogP contribution >= 0.6 is 11.5 Å². The van der Waals surface area contributed by atoms with E-state index in [4.69, 9.17) is 4.74 Å². The van der Waals surface area contributed by atoms with Gasteiger partial charge in [-0.1, -0.05) is 24.3 Å². The smallest absolute Gasteiger partial charge is 0.411 e. The Hall–Kier alpha value is -2.73. The zero-order chi connectivity index (χ0) is 16.8. The van der Waals surface area contributed by atoms with Crippen molar-refractivity contribution in [1.29, 1.82) is 0 Å². The largest absolute Gasteiger partial charge is 0.447 e. The number of carbonyl (C=O) groups is 2. The van der Waals surface area contributed by atoms with Crippen LogP contribution in [-0.2, 0) is 4.74 Å². The summed E-state index contributed by atoms with van der Waals surface area (Å²) >= 11 is 1.37. The number of hydrogen-bond donors (Lipinski definition) is 1.